The summed E-state index contributed by atoms with van der Waals surface area (Å²) in [6.45, 7) is 1.36. The highest BCUT2D eigenvalue weighted by Gasteiger charge is 2.39. The SMILES string of the molecule is Cc1c(C(=O)Oc2ccc3c(=O)c(-c4ccc(Cl)cc4)c(C(F)(F)F)oc3c2)cccc1[N+](=O)[O-]. The molecule has 0 unspecified atom stereocenters. The number of nitrogens with zero attached hydrogens (tertiary/aromatic N) is 1. The number of nitro benzene ring substituents is 1. The van der Waals surface area contributed by atoms with Crippen LogP contribution in [0.5, 0.6) is 5.75 Å². The van der Waals surface area contributed by atoms with Crippen LogP contribution in [0.2, 0.25) is 5.02 Å². The number of nitro groups is 1. The van der Waals surface area contributed by atoms with Crippen LogP contribution in [0, 0.1) is 17.0 Å². The molecule has 4 rings (SSSR count). The molecule has 35 heavy (non-hydrogen) atoms. The quantitative estimate of drug-likeness (QED) is 0.135. The molecule has 0 aliphatic heterocycles. The van der Waals surface area contributed by atoms with E-state index in [-0.39, 0.29) is 38.5 Å². The van der Waals surface area contributed by atoms with Crippen LogP contribution in [0.1, 0.15) is 21.7 Å². The van der Waals surface area contributed by atoms with Gasteiger partial charge in [0.25, 0.3) is 5.69 Å². The maximum Gasteiger partial charge on any atom is 0.450 e. The predicted octanol–water partition coefficient (Wildman–Crippen LogP) is 6.57. The minimum absolute atomic E-state index is 0.0333. The summed E-state index contributed by atoms with van der Waals surface area (Å²) in [5.41, 5.74) is -2.45. The third kappa shape index (κ3) is 4.60. The molecule has 0 radical (unpaired) electrons. The standard InChI is InChI=1S/C24H13ClF3NO6/c1-12-16(3-2-4-18(12)29(32)33)23(31)34-15-9-10-17-19(11-15)35-22(24(26,27)28)20(21(17)30)13-5-7-14(25)8-6-13/h2-11H,1H3. The van der Waals surface area contributed by atoms with Gasteiger partial charge in [0.15, 0.2) is 0 Å². The second-order valence-electron chi connectivity index (χ2n) is 7.39. The van der Waals surface area contributed by atoms with E-state index in [1.54, 1.807) is 0 Å². The molecule has 11 heteroatoms. The van der Waals surface area contributed by atoms with Crippen LogP contribution in [0.4, 0.5) is 18.9 Å². The van der Waals surface area contributed by atoms with Crippen molar-refractivity contribution in [2.45, 2.75) is 13.1 Å². The van der Waals surface area contributed by atoms with Crippen molar-refractivity contribution in [3.63, 3.8) is 0 Å². The molecular formula is C24H13ClF3NO6. The topological polar surface area (TPSA) is 99.7 Å². The average molecular weight is 504 g/mol. The van der Waals surface area contributed by atoms with E-state index in [1.165, 1.54) is 61.5 Å². The molecular weight excluding hydrogens is 491 g/mol. The van der Waals surface area contributed by atoms with Crippen LogP contribution in [-0.4, -0.2) is 10.9 Å². The normalized spacial score (nSPS) is 11.5. The highest BCUT2D eigenvalue weighted by atomic mass is 35.5. The zero-order valence-electron chi connectivity index (χ0n) is 17.7. The zero-order valence-corrected chi connectivity index (χ0v) is 18.4. The number of hydrogen-bond acceptors (Lipinski definition) is 6. The number of carbonyl (C=O) groups excluding carboxylic acids is 1. The van der Waals surface area contributed by atoms with Crippen LogP contribution >= 0.6 is 11.6 Å². The minimum Gasteiger partial charge on any atom is -0.450 e. The van der Waals surface area contributed by atoms with Gasteiger partial charge < -0.3 is 9.15 Å². The van der Waals surface area contributed by atoms with Gasteiger partial charge in [-0.2, -0.15) is 13.2 Å². The lowest BCUT2D eigenvalue weighted by Crippen LogP contribution is -2.16. The Bertz CT molecular complexity index is 1540. The first kappa shape index (κ1) is 24.0. The molecule has 0 N–H and O–H groups in total. The fourth-order valence-electron chi connectivity index (χ4n) is 3.52. The molecule has 0 aliphatic rings. The summed E-state index contributed by atoms with van der Waals surface area (Å²) >= 11 is 5.80. The maximum absolute atomic E-state index is 13.8. The number of fused-ring (bicyclic) bond motifs is 1. The van der Waals surface area contributed by atoms with Gasteiger partial charge >= 0.3 is 12.1 Å². The highest BCUT2D eigenvalue weighted by molar-refractivity contribution is 6.30. The maximum atomic E-state index is 13.8. The Hall–Kier alpha value is -4.18. The molecule has 0 bridgehead atoms. The van der Waals surface area contributed by atoms with E-state index >= 15 is 0 Å². The first-order valence-electron chi connectivity index (χ1n) is 9.87. The highest BCUT2D eigenvalue weighted by Crippen LogP contribution is 2.38. The summed E-state index contributed by atoms with van der Waals surface area (Å²) in [7, 11) is 0. The third-order valence-electron chi connectivity index (χ3n) is 5.19. The summed E-state index contributed by atoms with van der Waals surface area (Å²) in [6.07, 6.45) is -5.00. The van der Waals surface area contributed by atoms with Gasteiger partial charge in [-0.15, -0.1) is 0 Å². The number of alkyl halides is 3. The molecule has 0 saturated heterocycles. The predicted molar refractivity (Wildman–Crippen MR) is 121 cm³/mol. The first-order chi connectivity index (χ1) is 16.5. The number of esters is 1. The van der Waals surface area contributed by atoms with E-state index in [9.17, 15) is 32.9 Å². The fraction of sp³-hybridized carbons (Fsp3) is 0.0833. The molecule has 1 aromatic heterocycles. The lowest BCUT2D eigenvalue weighted by atomic mass is 10.0. The van der Waals surface area contributed by atoms with Crippen molar-refractivity contribution >= 4 is 34.2 Å². The largest absolute Gasteiger partial charge is 0.450 e. The van der Waals surface area contributed by atoms with Crippen molar-refractivity contribution < 1.29 is 32.0 Å². The molecule has 0 aliphatic carbocycles. The number of hydrogen-bond donors (Lipinski definition) is 0. The smallest absolute Gasteiger partial charge is 0.450 e. The summed E-state index contributed by atoms with van der Waals surface area (Å²) in [5.74, 6) is -2.71. The molecule has 0 amide bonds. The van der Waals surface area contributed by atoms with E-state index in [1.807, 2.05) is 0 Å². The Labute approximate surface area is 199 Å². The second kappa shape index (κ2) is 8.88. The summed E-state index contributed by atoms with van der Waals surface area (Å²) < 4.78 is 51.7. The molecule has 0 atom stereocenters. The lowest BCUT2D eigenvalue weighted by molar-refractivity contribution is -0.385. The first-order valence-corrected chi connectivity index (χ1v) is 10.3. The number of ether oxygens (including phenoxy) is 1. The van der Waals surface area contributed by atoms with Gasteiger partial charge in [0.05, 0.1) is 21.4 Å². The Balaban J connectivity index is 1.80. The lowest BCUT2D eigenvalue weighted by Gasteiger charge is -2.13. The summed E-state index contributed by atoms with van der Waals surface area (Å²) in [4.78, 5) is 36.0. The molecule has 0 saturated carbocycles. The molecule has 0 spiro atoms. The number of rotatable bonds is 4. The van der Waals surface area contributed by atoms with Crippen molar-refractivity contribution in [3.05, 3.63) is 103 Å². The van der Waals surface area contributed by atoms with Crippen molar-refractivity contribution in [1.82, 2.24) is 0 Å². The van der Waals surface area contributed by atoms with Gasteiger partial charge in [-0.1, -0.05) is 29.8 Å². The third-order valence-corrected chi connectivity index (χ3v) is 5.44. The van der Waals surface area contributed by atoms with Crippen LogP contribution in [0.3, 0.4) is 0 Å². The minimum atomic E-state index is -5.00. The fourth-order valence-corrected chi connectivity index (χ4v) is 3.65. The van der Waals surface area contributed by atoms with Crippen LogP contribution in [-0.2, 0) is 6.18 Å². The molecule has 1 heterocycles. The molecule has 0 fully saturated rings. The summed E-state index contributed by atoms with van der Waals surface area (Å²) in [5, 5.41) is 11.2. The van der Waals surface area contributed by atoms with E-state index in [0.29, 0.717) is 0 Å². The number of benzene rings is 3. The Kier molecular flexibility index (Phi) is 6.08. The molecule has 7 nitrogen and oxygen atoms in total. The number of halogens is 4. The Morgan fingerprint density at radius 1 is 1.09 bits per heavy atom. The number of carbonyl (C=O) groups is 1. The van der Waals surface area contributed by atoms with Crippen molar-refractivity contribution in [2.75, 3.05) is 0 Å². The average Bonchev–Trinajstić information content (AvgIpc) is 2.79. The van der Waals surface area contributed by atoms with Crippen LogP contribution in [0.25, 0.3) is 22.1 Å². The Morgan fingerprint density at radius 3 is 2.40 bits per heavy atom. The van der Waals surface area contributed by atoms with E-state index in [0.717, 1.165) is 6.07 Å². The van der Waals surface area contributed by atoms with Gasteiger partial charge in [0.1, 0.15) is 11.3 Å². The van der Waals surface area contributed by atoms with Gasteiger partial charge in [0, 0.05) is 22.7 Å². The summed E-state index contributed by atoms with van der Waals surface area (Å²) in [6, 6.07) is 12.4. The van der Waals surface area contributed by atoms with E-state index in [2.05, 4.69) is 0 Å². The Morgan fingerprint density at radius 2 is 1.77 bits per heavy atom. The van der Waals surface area contributed by atoms with E-state index in [4.69, 9.17) is 20.8 Å². The van der Waals surface area contributed by atoms with Crippen molar-refractivity contribution in [1.29, 1.82) is 0 Å². The van der Waals surface area contributed by atoms with Crippen molar-refractivity contribution in [3.8, 4) is 16.9 Å². The monoisotopic (exact) mass is 503 g/mol. The zero-order chi connectivity index (χ0) is 25.5. The van der Waals surface area contributed by atoms with Crippen LogP contribution < -0.4 is 10.2 Å². The second-order valence-corrected chi connectivity index (χ2v) is 7.83. The molecule has 3 aromatic carbocycles. The van der Waals surface area contributed by atoms with Crippen LogP contribution in [0.15, 0.2) is 69.9 Å². The van der Waals surface area contributed by atoms with Gasteiger partial charge in [-0.05, 0) is 42.8 Å². The van der Waals surface area contributed by atoms with Gasteiger partial charge in [-0.3, -0.25) is 14.9 Å². The molecule has 4 aromatic rings. The van der Waals surface area contributed by atoms with Crippen molar-refractivity contribution in [2.24, 2.45) is 0 Å². The van der Waals surface area contributed by atoms with Gasteiger partial charge in [0.2, 0.25) is 11.2 Å². The van der Waals surface area contributed by atoms with E-state index < -0.39 is 39.4 Å². The molecule has 178 valence electrons. The van der Waals surface area contributed by atoms with Gasteiger partial charge in [-0.25, -0.2) is 4.79 Å².